The fourth-order valence-electron chi connectivity index (χ4n) is 7.54. The van der Waals surface area contributed by atoms with Crippen LogP contribution in [0.25, 0.3) is 0 Å². The summed E-state index contributed by atoms with van der Waals surface area (Å²) in [5.41, 5.74) is 7.07. The van der Waals surface area contributed by atoms with Crippen molar-refractivity contribution in [2.75, 3.05) is 46.5 Å². The Labute approximate surface area is 214 Å². The first-order chi connectivity index (χ1) is 17.5. The summed E-state index contributed by atoms with van der Waals surface area (Å²) in [6.07, 6.45) is 5.52. The van der Waals surface area contributed by atoms with Crippen molar-refractivity contribution in [3.05, 3.63) is 23.8 Å². The molecule has 0 aromatic heterocycles. The fourth-order valence-corrected chi connectivity index (χ4v) is 7.54. The average Bonchev–Trinajstić information content (AvgIpc) is 3.37. The highest BCUT2D eigenvalue weighted by molar-refractivity contribution is 5.43. The van der Waals surface area contributed by atoms with Gasteiger partial charge in [-0.3, -0.25) is 25.0 Å². The second kappa shape index (κ2) is 10.0. The Morgan fingerprint density at radius 1 is 1.14 bits per heavy atom. The van der Waals surface area contributed by atoms with Crippen molar-refractivity contribution >= 4 is 0 Å². The van der Waals surface area contributed by atoms with Crippen molar-refractivity contribution in [3.63, 3.8) is 0 Å². The first-order valence-electron chi connectivity index (χ1n) is 14.0. The number of nitrogens with zero attached hydrogens (tertiary/aromatic N) is 2. The van der Waals surface area contributed by atoms with E-state index in [-0.39, 0.29) is 18.8 Å². The van der Waals surface area contributed by atoms with E-state index in [1.165, 1.54) is 5.56 Å². The Kier molecular flexibility index (Phi) is 6.90. The van der Waals surface area contributed by atoms with Gasteiger partial charge in [0.15, 0.2) is 0 Å². The van der Waals surface area contributed by atoms with Crippen LogP contribution in [0.4, 0.5) is 8.78 Å². The minimum absolute atomic E-state index is 0.134. The van der Waals surface area contributed by atoms with E-state index in [1.807, 2.05) is 6.07 Å². The van der Waals surface area contributed by atoms with Gasteiger partial charge in [-0.2, -0.15) is 0 Å². The highest BCUT2D eigenvalue weighted by atomic mass is 19.1. The number of hydrogen-bond acceptors (Lipinski definition) is 6. The molecule has 0 bridgehead atoms. The van der Waals surface area contributed by atoms with E-state index in [2.05, 4.69) is 39.7 Å². The molecule has 5 aliphatic rings. The van der Waals surface area contributed by atoms with Crippen molar-refractivity contribution in [2.45, 2.75) is 75.3 Å². The number of halogens is 2. The van der Waals surface area contributed by atoms with Crippen LogP contribution in [0, 0.1) is 17.8 Å². The molecule has 3 saturated heterocycles. The minimum atomic E-state index is -1.03. The van der Waals surface area contributed by atoms with Gasteiger partial charge in [-0.1, -0.05) is 6.07 Å². The van der Waals surface area contributed by atoms with E-state index < -0.39 is 5.67 Å². The second-order valence-electron chi connectivity index (χ2n) is 12.0. The highest BCUT2D eigenvalue weighted by Gasteiger charge is 2.54. The molecule has 1 aromatic rings. The first-order valence-corrected chi connectivity index (χ1v) is 14.0. The zero-order valence-corrected chi connectivity index (χ0v) is 21.7. The average molecular weight is 505 g/mol. The van der Waals surface area contributed by atoms with E-state index in [0.717, 1.165) is 56.9 Å². The third-order valence-corrected chi connectivity index (χ3v) is 9.61. The molecule has 5 fully saturated rings. The van der Waals surface area contributed by atoms with Crippen molar-refractivity contribution in [2.24, 2.45) is 17.8 Å². The normalized spacial score (nSPS) is 36.1. The van der Waals surface area contributed by atoms with Crippen LogP contribution in [0.15, 0.2) is 18.2 Å². The van der Waals surface area contributed by atoms with E-state index >= 15 is 4.39 Å². The van der Waals surface area contributed by atoms with Gasteiger partial charge in [0.05, 0.1) is 13.8 Å². The number of alkyl halides is 2. The van der Waals surface area contributed by atoms with E-state index in [1.54, 1.807) is 7.11 Å². The summed E-state index contributed by atoms with van der Waals surface area (Å²) < 4.78 is 39.8. The highest BCUT2D eigenvalue weighted by Crippen LogP contribution is 2.55. The Morgan fingerprint density at radius 2 is 1.97 bits per heavy atom. The number of hydrazine groups is 1. The lowest BCUT2D eigenvalue weighted by atomic mass is 9.61. The van der Waals surface area contributed by atoms with Crippen LogP contribution in [0.5, 0.6) is 11.5 Å². The van der Waals surface area contributed by atoms with Crippen LogP contribution in [0.1, 0.15) is 57.1 Å². The predicted molar refractivity (Wildman–Crippen MR) is 136 cm³/mol. The van der Waals surface area contributed by atoms with E-state index in [9.17, 15) is 4.39 Å². The molecule has 0 amide bonds. The number of rotatable bonds is 9. The number of fused-ring (bicyclic) bond motifs is 3. The summed E-state index contributed by atoms with van der Waals surface area (Å²) in [7, 11) is 1.73. The molecular formula is C28H42F2N4O2. The summed E-state index contributed by atoms with van der Waals surface area (Å²) in [4.78, 5) is 4.70. The summed E-state index contributed by atoms with van der Waals surface area (Å²) in [5.74, 6) is 3.39. The van der Waals surface area contributed by atoms with Crippen LogP contribution >= 0.6 is 0 Å². The van der Waals surface area contributed by atoms with Gasteiger partial charge in [0, 0.05) is 62.5 Å². The van der Waals surface area contributed by atoms with Crippen LogP contribution in [-0.4, -0.2) is 80.2 Å². The van der Waals surface area contributed by atoms with Crippen LogP contribution < -0.4 is 20.3 Å². The Morgan fingerprint density at radius 3 is 2.72 bits per heavy atom. The molecule has 6 nitrogen and oxygen atoms in total. The van der Waals surface area contributed by atoms with Gasteiger partial charge < -0.3 is 9.47 Å². The van der Waals surface area contributed by atoms with Crippen molar-refractivity contribution in [1.82, 2.24) is 20.7 Å². The molecule has 200 valence electrons. The lowest BCUT2D eigenvalue weighted by Gasteiger charge is -2.54. The molecule has 8 heteroatoms. The maximum absolute atomic E-state index is 15.2. The molecule has 3 aliphatic heterocycles. The van der Waals surface area contributed by atoms with Crippen molar-refractivity contribution in [3.8, 4) is 11.5 Å². The SMILES string of the molecule is COc1cc(OC2CN(CCCF)C2)ccc1[C@@H]1C2CCC3NNCC3C2C[C@@H](C)N1CC1(F)CC1. The third kappa shape index (κ3) is 4.74. The zero-order valence-electron chi connectivity index (χ0n) is 21.7. The molecule has 36 heavy (non-hydrogen) atoms. The summed E-state index contributed by atoms with van der Waals surface area (Å²) in [5, 5.41) is 0. The van der Waals surface area contributed by atoms with Gasteiger partial charge in [0.1, 0.15) is 23.3 Å². The van der Waals surface area contributed by atoms with Crippen molar-refractivity contribution in [1.29, 1.82) is 0 Å². The lowest BCUT2D eigenvalue weighted by molar-refractivity contribution is -0.0508. The number of nitrogens with one attached hydrogen (secondary N) is 2. The quantitative estimate of drug-likeness (QED) is 0.533. The van der Waals surface area contributed by atoms with Gasteiger partial charge in [0.25, 0.3) is 0 Å². The summed E-state index contributed by atoms with van der Waals surface area (Å²) >= 11 is 0. The molecule has 0 radical (unpaired) electrons. The molecule has 1 aromatic carbocycles. The predicted octanol–water partition coefficient (Wildman–Crippen LogP) is 3.87. The van der Waals surface area contributed by atoms with Crippen LogP contribution in [0.2, 0.25) is 0 Å². The maximum Gasteiger partial charge on any atom is 0.127 e. The standard InChI is InChI=1S/C28H42F2N4O2/c1-18-12-23-21(6-7-25-24(23)14-31-32-25)27(34(18)17-28(30)8-9-28)22-5-4-19(13-26(22)35-2)36-20-15-33(16-20)11-3-10-29/h4-5,13,18,20-21,23-25,27,31-32H,3,6-12,14-17H2,1-2H3/t18-,21?,23?,24?,25?,27+/m1/s1. The molecule has 2 N–H and O–H groups in total. The minimum Gasteiger partial charge on any atom is -0.496 e. The topological polar surface area (TPSA) is 49.0 Å². The number of methoxy groups -OCH3 is 1. The van der Waals surface area contributed by atoms with E-state index in [0.29, 0.717) is 55.6 Å². The second-order valence-corrected chi connectivity index (χ2v) is 12.0. The molecule has 2 aliphatic carbocycles. The molecule has 6 rings (SSSR count). The van der Waals surface area contributed by atoms with Crippen LogP contribution in [0.3, 0.4) is 0 Å². The first kappa shape index (κ1) is 24.8. The monoisotopic (exact) mass is 504 g/mol. The fraction of sp³-hybridized carbons (Fsp3) is 0.786. The summed E-state index contributed by atoms with van der Waals surface area (Å²) in [6, 6.07) is 7.30. The number of piperidine rings is 1. The number of likely N-dealkylation sites (tertiary alicyclic amines) is 2. The van der Waals surface area contributed by atoms with E-state index in [4.69, 9.17) is 9.47 Å². The molecule has 6 atom stereocenters. The van der Waals surface area contributed by atoms with Crippen LogP contribution in [-0.2, 0) is 0 Å². The van der Waals surface area contributed by atoms with Crippen molar-refractivity contribution < 1.29 is 18.3 Å². The summed E-state index contributed by atoms with van der Waals surface area (Å²) in [6.45, 7) is 6.04. The Hall–Kier alpha value is -1.48. The molecular weight excluding hydrogens is 462 g/mol. The maximum atomic E-state index is 15.2. The Bertz CT molecular complexity index is 925. The van der Waals surface area contributed by atoms with Gasteiger partial charge >= 0.3 is 0 Å². The number of benzene rings is 1. The van der Waals surface area contributed by atoms with Gasteiger partial charge in [-0.15, -0.1) is 0 Å². The largest absolute Gasteiger partial charge is 0.496 e. The Balaban J connectivity index is 1.25. The number of hydrogen-bond donors (Lipinski definition) is 2. The zero-order chi connectivity index (χ0) is 24.9. The molecule has 0 spiro atoms. The smallest absolute Gasteiger partial charge is 0.127 e. The number of ether oxygens (including phenoxy) is 2. The van der Waals surface area contributed by atoms with Gasteiger partial charge in [-0.25, -0.2) is 4.39 Å². The molecule has 2 saturated carbocycles. The van der Waals surface area contributed by atoms with Gasteiger partial charge in [-0.05, 0) is 69.3 Å². The lowest BCUT2D eigenvalue weighted by Crippen LogP contribution is -2.55. The molecule has 3 heterocycles. The molecule has 4 unspecified atom stereocenters. The van der Waals surface area contributed by atoms with Gasteiger partial charge in [0.2, 0.25) is 0 Å². The third-order valence-electron chi connectivity index (χ3n) is 9.61.